The Morgan fingerprint density at radius 3 is 2.48 bits per heavy atom. The summed E-state index contributed by atoms with van der Waals surface area (Å²) in [5.74, 6) is -0.360. The highest BCUT2D eigenvalue weighted by Gasteiger charge is 2.57. The fraction of sp³-hybridized carbons (Fsp3) is 0.423. The average Bonchev–Trinajstić information content (AvgIpc) is 3.46. The Kier molecular flexibility index (Phi) is 5.43. The first-order chi connectivity index (χ1) is 15.9. The van der Waals surface area contributed by atoms with E-state index in [1.54, 1.807) is 54.5 Å². The molecule has 2 atom stereocenters. The number of benzene rings is 2. The van der Waals surface area contributed by atoms with Gasteiger partial charge in [-0.3, -0.25) is 19.3 Å². The van der Waals surface area contributed by atoms with Gasteiger partial charge in [0.15, 0.2) is 0 Å². The molecular formula is C26H27FN2O4. The van der Waals surface area contributed by atoms with Gasteiger partial charge in [0.2, 0.25) is 17.7 Å². The molecule has 33 heavy (non-hydrogen) atoms. The Bertz CT molecular complexity index is 1100. The molecule has 3 fully saturated rings. The second-order valence-corrected chi connectivity index (χ2v) is 9.31. The highest BCUT2D eigenvalue weighted by molar-refractivity contribution is 6.11. The topological polar surface area (TPSA) is 66.9 Å². The van der Waals surface area contributed by atoms with Gasteiger partial charge in [0.25, 0.3) is 0 Å². The molecule has 0 radical (unpaired) electrons. The minimum Gasteiger partial charge on any atom is -0.497 e. The van der Waals surface area contributed by atoms with Crippen molar-refractivity contribution >= 4 is 17.7 Å². The van der Waals surface area contributed by atoms with E-state index in [-0.39, 0.29) is 48.3 Å². The molecule has 2 aromatic rings. The van der Waals surface area contributed by atoms with Crippen LogP contribution in [0.3, 0.4) is 0 Å². The number of imide groups is 1. The quantitative estimate of drug-likeness (QED) is 0.633. The molecule has 1 aliphatic carbocycles. The maximum Gasteiger partial charge on any atom is 0.241 e. The van der Waals surface area contributed by atoms with Crippen molar-refractivity contribution in [3.05, 3.63) is 65.5 Å². The summed E-state index contributed by atoms with van der Waals surface area (Å²) in [6, 6.07) is 13.7. The van der Waals surface area contributed by atoms with E-state index in [4.69, 9.17) is 4.74 Å². The molecular weight excluding hydrogens is 423 g/mol. The van der Waals surface area contributed by atoms with Crippen molar-refractivity contribution in [2.75, 3.05) is 20.2 Å². The number of methoxy groups -OCH3 is 1. The van der Waals surface area contributed by atoms with Gasteiger partial charge in [0.1, 0.15) is 11.6 Å². The summed E-state index contributed by atoms with van der Waals surface area (Å²) >= 11 is 0. The summed E-state index contributed by atoms with van der Waals surface area (Å²) in [7, 11) is 1.56. The van der Waals surface area contributed by atoms with Gasteiger partial charge in [0, 0.05) is 37.9 Å². The maximum absolute atomic E-state index is 14.3. The normalized spacial score (nSPS) is 25.1. The van der Waals surface area contributed by atoms with E-state index < -0.39 is 5.41 Å². The van der Waals surface area contributed by atoms with Gasteiger partial charge in [-0.1, -0.05) is 30.3 Å². The Morgan fingerprint density at radius 1 is 1.09 bits per heavy atom. The molecule has 6 nitrogen and oxygen atoms in total. The van der Waals surface area contributed by atoms with Gasteiger partial charge in [-0.15, -0.1) is 0 Å². The van der Waals surface area contributed by atoms with Crippen LogP contribution in [0.5, 0.6) is 5.75 Å². The lowest BCUT2D eigenvalue weighted by molar-refractivity contribution is -0.143. The predicted octanol–water partition coefficient (Wildman–Crippen LogP) is 3.40. The molecule has 7 heteroatoms. The lowest BCUT2D eigenvalue weighted by Gasteiger charge is -2.29. The number of rotatable bonds is 6. The van der Waals surface area contributed by atoms with E-state index in [2.05, 4.69) is 0 Å². The zero-order valence-corrected chi connectivity index (χ0v) is 18.6. The minimum atomic E-state index is -1.21. The second-order valence-electron chi connectivity index (χ2n) is 9.31. The first kappa shape index (κ1) is 21.6. The lowest BCUT2D eigenvalue weighted by atomic mass is 9.75. The van der Waals surface area contributed by atoms with Crippen LogP contribution in [0.25, 0.3) is 0 Å². The Labute approximate surface area is 192 Å². The smallest absolute Gasteiger partial charge is 0.241 e. The van der Waals surface area contributed by atoms with Crippen molar-refractivity contribution in [1.82, 2.24) is 9.80 Å². The maximum atomic E-state index is 14.3. The number of carbonyl (C=O) groups excluding carboxylic acids is 3. The van der Waals surface area contributed by atoms with Crippen LogP contribution in [-0.4, -0.2) is 53.8 Å². The highest BCUT2D eigenvalue weighted by atomic mass is 19.1. The van der Waals surface area contributed by atoms with Crippen LogP contribution in [0.4, 0.5) is 4.39 Å². The Morgan fingerprint density at radius 2 is 1.82 bits per heavy atom. The summed E-state index contributed by atoms with van der Waals surface area (Å²) in [6.07, 6.45) is 2.23. The van der Waals surface area contributed by atoms with E-state index in [0.717, 1.165) is 12.8 Å². The third-order valence-corrected chi connectivity index (χ3v) is 7.24. The van der Waals surface area contributed by atoms with Gasteiger partial charge >= 0.3 is 0 Å². The molecule has 5 rings (SSSR count). The summed E-state index contributed by atoms with van der Waals surface area (Å²) in [5.41, 5.74) is 0.0618. The van der Waals surface area contributed by atoms with Crippen molar-refractivity contribution in [3.63, 3.8) is 0 Å². The van der Waals surface area contributed by atoms with Crippen LogP contribution in [0.1, 0.15) is 49.1 Å². The summed E-state index contributed by atoms with van der Waals surface area (Å²) < 4.78 is 19.5. The Balaban J connectivity index is 1.41. The van der Waals surface area contributed by atoms with E-state index in [1.165, 1.54) is 11.0 Å². The van der Waals surface area contributed by atoms with Crippen molar-refractivity contribution in [3.8, 4) is 5.75 Å². The van der Waals surface area contributed by atoms with Gasteiger partial charge in [-0.05, 0) is 48.6 Å². The fourth-order valence-electron chi connectivity index (χ4n) is 5.26. The van der Waals surface area contributed by atoms with Crippen molar-refractivity contribution in [2.24, 2.45) is 0 Å². The number of hydrogen-bond donors (Lipinski definition) is 0. The summed E-state index contributed by atoms with van der Waals surface area (Å²) in [6.45, 7) is 0.915. The van der Waals surface area contributed by atoms with Gasteiger partial charge in [-0.2, -0.15) is 0 Å². The van der Waals surface area contributed by atoms with Crippen LogP contribution in [0.15, 0.2) is 48.5 Å². The molecule has 3 amide bonds. The van der Waals surface area contributed by atoms with Gasteiger partial charge in [0.05, 0.1) is 12.5 Å². The number of hydrogen-bond acceptors (Lipinski definition) is 4. The molecule has 2 saturated heterocycles. The van der Waals surface area contributed by atoms with Crippen LogP contribution in [0, 0.1) is 5.82 Å². The highest BCUT2D eigenvalue weighted by Crippen LogP contribution is 2.45. The number of halogens is 1. The monoisotopic (exact) mass is 450 g/mol. The summed E-state index contributed by atoms with van der Waals surface area (Å²) in [4.78, 5) is 43.0. The largest absolute Gasteiger partial charge is 0.497 e. The first-order valence-electron chi connectivity index (χ1n) is 11.5. The van der Waals surface area contributed by atoms with E-state index in [1.807, 2.05) is 0 Å². The molecule has 0 spiro atoms. The molecule has 0 unspecified atom stereocenters. The van der Waals surface area contributed by atoms with Gasteiger partial charge < -0.3 is 9.64 Å². The van der Waals surface area contributed by atoms with E-state index >= 15 is 0 Å². The average molecular weight is 451 g/mol. The number of ether oxygens (including phenoxy) is 1. The predicted molar refractivity (Wildman–Crippen MR) is 119 cm³/mol. The summed E-state index contributed by atoms with van der Waals surface area (Å²) in [5, 5.41) is 0. The zero-order chi connectivity index (χ0) is 23.2. The van der Waals surface area contributed by atoms with Crippen molar-refractivity contribution in [2.45, 2.75) is 49.5 Å². The SMILES string of the molecule is COc1ccc([C@@]2(CC(=O)N3CC[C@H](c4ccccc4F)C3)CC(=O)N(C3CC3)C2=O)cc1. The molecule has 2 heterocycles. The number of carbonyl (C=O) groups is 3. The number of amides is 3. The van der Waals surface area contributed by atoms with Crippen LogP contribution in [-0.2, 0) is 19.8 Å². The molecule has 0 N–H and O–H groups in total. The van der Waals surface area contributed by atoms with Crippen LogP contribution in [0.2, 0.25) is 0 Å². The van der Waals surface area contributed by atoms with Crippen LogP contribution < -0.4 is 4.74 Å². The lowest BCUT2D eigenvalue weighted by Crippen LogP contribution is -2.43. The molecule has 2 aliphatic heterocycles. The first-order valence-corrected chi connectivity index (χ1v) is 11.5. The molecule has 1 saturated carbocycles. The molecule has 172 valence electrons. The molecule has 0 bridgehead atoms. The molecule has 2 aromatic carbocycles. The van der Waals surface area contributed by atoms with Crippen LogP contribution >= 0.6 is 0 Å². The van der Waals surface area contributed by atoms with E-state index in [9.17, 15) is 18.8 Å². The second kappa shape index (κ2) is 8.28. The van der Waals surface area contributed by atoms with Crippen molar-refractivity contribution in [1.29, 1.82) is 0 Å². The fourth-order valence-corrected chi connectivity index (χ4v) is 5.26. The number of likely N-dealkylation sites (tertiary alicyclic amines) is 2. The number of nitrogens with zero attached hydrogens (tertiary/aromatic N) is 2. The molecule has 3 aliphatic rings. The molecule has 0 aromatic heterocycles. The third-order valence-electron chi connectivity index (χ3n) is 7.24. The standard InChI is InChI=1S/C26H27FN2O4/c1-33-20-10-6-18(7-11-20)26(15-24(31)29(25(26)32)19-8-9-19)14-23(30)28-13-12-17(16-28)21-4-2-3-5-22(21)27/h2-7,10-11,17,19H,8-9,12-16H2,1H3/t17-,26+/m0/s1. The third kappa shape index (κ3) is 3.79. The van der Waals surface area contributed by atoms with Gasteiger partial charge in [-0.25, -0.2) is 4.39 Å². The minimum absolute atomic E-state index is 0.00894. The van der Waals surface area contributed by atoms with Crippen molar-refractivity contribution < 1.29 is 23.5 Å². The zero-order valence-electron chi connectivity index (χ0n) is 18.6. The Hall–Kier alpha value is -3.22. The van der Waals surface area contributed by atoms with E-state index in [0.29, 0.717) is 36.4 Å².